The van der Waals surface area contributed by atoms with Crippen LogP contribution in [0.4, 0.5) is 0 Å². The van der Waals surface area contributed by atoms with E-state index in [9.17, 15) is 13.2 Å². The van der Waals surface area contributed by atoms with Crippen LogP contribution in [0.1, 0.15) is 36.0 Å². The van der Waals surface area contributed by atoms with Crippen LogP contribution in [-0.2, 0) is 9.84 Å². The Bertz CT molecular complexity index is 868. The van der Waals surface area contributed by atoms with Crippen molar-refractivity contribution in [3.63, 3.8) is 0 Å². The fraction of sp³-hybridized carbons (Fsp3) is 0.579. The third-order valence-electron chi connectivity index (χ3n) is 6.38. The van der Waals surface area contributed by atoms with E-state index in [1.165, 1.54) is 31.0 Å². The first-order chi connectivity index (χ1) is 12.5. The van der Waals surface area contributed by atoms with Crippen molar-refractivity contribution in [2.24, 2.45) is 16.8 Å². The first-order valence-electron chi connectivity index (χ1n) is 9.34. The lowest BCUT2D eigenvalue weighted by atomic mass is 9.93. The molecule has 5 rings (SSSR count). The number of rotatable bonds is 2. The van der Waals surface area contributed by atoms with Crippen LogP contribution in [0.2, 0.25) is 0 Å². The second-order valence-electron chi connectivity index (χ2n) is 8.02. The maximum atomic E-state index is 12.6. The van der Waals surface area contributed by atoms with Crippen molar-refractivity contribution in [2.75, 3.05) is 11.5 Å². The standard InChI is InChI=1S/C19H22N2O3S2/c22-18(13-4-2-1-3-5-13)20-19-21(15-9-12-6-7-14(15)8-12)16-10-26(23,24)11-17(16)25-19/h1-5,12,14-17H,6-11H2/t12-,14-,15+,16+,17+/m0/s1. The molecule has 2 saturated carbocycles. The lowest BCUT2D eigenvalue weighted by Crippen LogP contribution is -2.47. The summed E-state index contributed by atoms with van der Waals surface area (Å²) in [5, 5.41) is 0.766. The molecule has 0 aromatic heterocycles. The van der Waals surface area contributed by atoms with E-state index >= 15 is 0 Å². The molecule has 1 amide bonds. The molecule has 4 fully saturated rings. The fourth-order valence-corrected chi connectivity index (χ4v) is 9.23. The zero-order chi connectivity index (χ0) is 17.9. The maximum Gasteiger partial charge on any atom is 0.279 e. The lowest BCUT2D eigenvalue weighted by Gasteiger charge is -2.36. The van der Waals surface area contributed by atoms with Gasteiger partial charge in [-0.1, -0.05) is 36.4 Å². The van der Waals surface area contributed by atoms with E-state index < -0.39 is 9.84 Å². The fourth-order valence-electron chi connectivity index (χ4n) is 5.26. The Morgan fingerprint density at radius 2 is 1.88 bits per heavy atom. The van der Waals surface area contributed by atoms with Gasteiger partial charge in [0.25, 0.3) is 5.91 Å². The predicted octanol–water partition coefficient (Wildman–Crippen LogP) is 2.59. The minimum atomic E-state index is -2.99. The molecule has 5 atom stereocenters. The van der Waals surface area contributed by atoms with E-state index in [0.717, 1.165) is 17.5 Å². The normalized spacial score (nSPS) is 38.8. The SMILES string of the molecule is O=C(N=C1S[C@@H]2CS(=O)(=O)C[C@H]2N1[C@@H]1C[C@H]2CC[C@H]1C2)c1ccccc1. The molecule has 138 valence electrons. The second kappa shape index (κ2) is 6.09. The van der Waals surface area contributed by atoms with Gasteiger partial charge in [0, 0.05) is 16.9 Å². The molecule has 5 nitrogen and oxygen atoms in total. The van der Waals surface area contributed by atoms with E-state index in [1.54, 1.807) is 12.1 Å². The van der Waals surface area contributed by atoms with E-state index in [-0.39, 0.29) is 28.7 Å². The number of hydrogen-bond acceptors (Lipinski definition) is 4. The highest BCUT2D eigenvalue weighted by molar-refractivity contribution is 8.15. The van der Waals surface area contributed by atoms with E-state index in [4.69, 9.17) is 0 Å². The van der Waals surface area contributed by atoms with Crippen LogP contribution in [0.25, 0.3) is 0 Å². The van der Waals surface area contributed by atoms with Gasteiger partial charge in [0.05, 0.1) is 17.5 Å². The Kier molecular flexibility index (Phi) is 3.94. The Balaban J connectivity index is 1.48. The molecule has 26 heavy (non-hydrogen) atoms. The van der Waals surface area contributed by atoms with E-state index in [1.807, 2.05) is 18.2 Å². The molecule has 2 heterocycles. The summed E-state index contributed by atoms with van der Waals surface area (Å²) in [5.41, 5.74) is 0.582. The number of aliphatic imine (C=N–C) groups is 1. The largest absolute Gasteiger partial charge is 0.343 e. The molecule has 1 aromatic rings. The molecular formula is C19H22N2O3S2. The Labute approximate surface area is 158 Å². The molecule has 7 heteroatoms. The third-order valence-corrected chi connectivity index (χ3v) is 9.61. The predicted molar refractivity (Wildman–Crippen MR) is 103 cm³/mol. The van der Waals surface area contributed by atoms with Gasteiger partial charge in [-0.3, -0.25) is 4.79 Å². The van der Waals surface area contributed by atoms with Crippen molar-refractivity contribution in [3.8, 4) is 0 Å². The van der Waals surface area contributed by atoms with Crippen LogP contribution in [0.5, 0.6) is 0 Å². The second-order valence-corrected chi connectivity index (χ2v) is 11.4. The van der Waals surface area contributed by atoms with Gasteiger partial charge in [0.15, 0.2) is 15.0 Å². The van der Waals surface area contributed by atoms with Crippen LogP contribution in [0, 0.1) is 11.8 Å². The van der Waals surface area contributed by atoms with Gasteiger partial charge in [-0.25, -0.2) is 8.42 Å². The molecule has 2 aliphatic heterocycles. The molecular weight excluding hydrogens is 368 g/mol. The molecule has 2 bridgehead atoms. The molecule has 4 aliphatic rings. The Hall–Kier alpha value is -1.34. The number of sulfone groups is 1. The number of benzene rings is 1. The van der Waals surface area contributed by atoms with Gasteiger partial charge in [0.2, 0.25) is 0 Å². The van der Waals surface area contributed by atoms with Gasteiger partial charge in [-0.05, 0) is 43.2 Å². The monoisotopic (exact) mass is 390 g/mol. The highest BCUT2D eigenvalue weighted by Gasteiger charge is 2.54. The number of amidine groups is 1. The summed E-state index contributed by atoms with van der Waals surface area (Å²) >= 11 is 1.50. The number of amides is 1. The minimum absolute atomic E-state index is 0.0152. The number of carbonyl (C=O) groups is 1. The van der Waals surface area contributed by atoms with Crippen LogP contribution in [-0.4, -0.2) is 53.2 Å². The zero-order valence-corrected chi connectivity index (χ0v) is 16.1. The number of carbonyl (C=O) groups excluding carboxylic acids is 1. The van der Waals surface area contributed by atoms with Gasteiger partial charge in [0.1, 0.15) is 0 Å². The third kappa shape index (κ3) is 2.80. The van der Waals surface area contributed by atoms with Crippen molar-refractivity contribution in [1.29, 1.82) is 0 Å². The lowest BCUT2D eigenvalue weighted by molar-refractivity contribution is 0.0999. The van der Waals surface area contributed by atoms with Crippen LogP contribution >= 0.6 is 11.8 Å². The number of fused-ring (bicyclic) bond motifs is 3. The maximum absolute atomic E-state index is 12.6. The first kappa shape index (κ1) is 16.8. The van der Waals surface area contributed by atoms with Crippen molar-refractivity contribution in [1.82, 2.24) is 4.90 Å². The Morgan fingerprint density at radius 1 is 1.08 bits per heavy atom. The topological polar surface area (TPSA) is 66.8 Å². The molecule has 0 spiro atoms. The quantitative estimate of drug-likeness (QED) is 0.776. The van der Waals surface area contributed by atoms with Crippen LogP contribution < -0.4 is 0 Å². The van der Waals surface area contributed by atoms with Gasteiger partial charge in [-0.2, -0.15) is 4.99 Å². The number of hydrogen-bond donors (Lipinski definition) is 0. The Morgan fingerprint density at radius 3 is 2.58 bits per heavy atom. The molecule has 2 aliphatic carbocycles. The molecule has 1 aromatic carbocycles. The molecule has 0 unspecified atom stereocenters. The first-order valence-corrected chi connectivity index (χ1v) is 12.0. The zero-order valence-electron chi connectivity index (χ0n) is 14.5. The smallest absolute Gasteiger partial charge is 0.279 e. The van der Waals surface area contributed by atoms with Gasteiger partial charge >= 0.3 is 0 Å². The summed E-state index contributed by atoms with van der Waals surface area (Å²) in [7, 11) is -2.99. The van der Waals surface area contributed by atoms with Crippen molar-refractivity contribution in [2.45, 2.75) is 43.0 Å². The average molecular weight is 391 g/mol. The highest BCUT2D eigenvalue weighted by Crippen LogP contribution is 2.51. The number of thioether (sulfide) groups is 1. The van der Waals surface area contributed by atoms with Crippen molar-refractivity contribution >= 4 is 32.7 Å². The van der Waals surface area contributed by atoms with Gasteiger partial charge in [-0.15, -0.1) is 0 Å². The van der Waals surface area contributed by atoms with E-state index in [2.05, 4.69) is 9.89 Å². The summed E-state index contributed by atoms with van der Waals surface area (Å²) < 4.78 is 24.3. The van der Waals surface area contributed by atoms with Crippen LogP contribution in [0.3, 0.4) is 0 Å². The molecule has 2 saturated heterocycles. The van der Waals surface area contributed by atoms with Crippen molar-refractivity contribution in [3.05, 3.63) is 35.9 Å². The summed E-state index contributed by atoms with van der Waals surface area (Å²) in [5.74, 6) is 1.57. The number of nitrogens with zero attached hydrogens (tertiary/aromatic N) is 2. The summed E-state index contributed by atoms with van der Waals surface area (Å²) in [6, 6.07) is 9.45. The van der Waals surface area contributed by atoms with Gasteiger partial charge < -0.3 is 4.90 Å². The summed E-state index contributed by atoms with van der Waals surface area (Å²) in [6.07, 6.45) is 4.88. The highest BCUT2D eigenvalue weighted by atomic mass is 32.2. The van der Waals surface area contributed by atoms with E-state index in [0.29, 0.717) is 17.5 Å². The summed E-state index contributed by atoms with van der Waals surface area (Å²) in [6.45, 7) is 0. The van der Waals surface area contributed by atoms with Crippen molar-refractivity contribution < 1.29 is 13.2 Å². The molecule has 0 radical (unpaired) electrons. The molecule has 0 N–H and O–H groups in total. The minimum Gasteiger partial charge on any atom is -0.343 e. The summed E-state index contributed by atoms with van der Waals surface area (Å²) in [4.78, 5) is 19.3. The van der Waals surface area contributed by atoms with Crippen LogP contribution in [0.15, 0.2) is 35.3 Å². The average Bonchev–Trinajstić information content (AvgIpc) is 3.35.